The first-order valence-electron chi connectivity index (χ1n) is 6.26. The topological polar surface area (TPSA) is 42.2 Å². The number of benzene rings is 2. The summed E-state index contributed by atoms with van der Waals surface area (Å²) in [5.74, 6) is -2.93. The van der Waals surface area contributed by atoms with E-state index in [1.54, 1.807) is 29.8 Å². The molecule has 106 valence electrons. The van der Waals surface area contributed by atoms with E-state index in [1.807, 2.05) is 0 Å². The Bertz CT molecular complexity index is 868. The Morgan fingerprint density at radius 2 is 1.95 bits per heavy atom. The molecule has 5 heteroatoms. The molecule has 0 aliphatic rings. The van der Waals surface area contributed by atoms with Crippen molar-refractivity contribution in [3.05, 3.63) is 59.8 Å². The van der Waals surface area contributed by atoms with Gasteiger partial charge in [-0.25, -0.2) is 13.6 Å². The number of hydrogen-bond donors (Lipinski definition) is 1. The van der Waals surface area contributed by atoms with Crippen LogP contribution in [0.1, 0.15) is 10.4 Å². The van der Waals surface area contributed by atoms with Crippen molar-refractivity contribution in [3.63, 3.8) is 0 Å². The molecular formula is C16H11F2NO2. The van der Waals surface area contributed by atoms with Crippen LogP contribution >= 0.6 is 0 Å². The molecule has 0 fully saturated rings. The lowest BCUT2D eigenvalue weighted by Gasteiger charge is -2.05. The van der Waals surface area contributed by atoms with Crippen LogP contribution in [-0.4, -0.2) is 15.6 Å². The van der Waals surface area contributed by atoms with Gasteiger partial charge in [-0.1, -0.05) is 18.2 Å². The van der Waals surface area contributed by atoms with Crippen LogP contribution in [0.25, 0.3) is 22.0 Å². The van der Waals surface area contributed by atoms with Gasteiger partial charge in [0.1, 0.15) is 0 Å². The van der Waals surface area contributed by atoms with Crippen molar-refractivity contribution in [2.24, 2.45) is 7.05 Å². The molecular weight excluding hydrogens is 276 g/mol. The van der Waals surface area contributed by atoms with E-state index in [0.29, 0.717) is 16.5 Å². The van der Waals surface area contributed by atoms with Gasteiger partial charge in [-0.05, 0) is 23.8 Å². The Labute approximate surface area is 119 Å². The van der Waals surface area contributed by atoms with Crippen LogP contribution in [0.15, 0.2) is 42.6 Å². The summed E-state index contributed by atoms with van der Waals surface area (Å²) in [6.45, 7) is 0. The minimum Gasteiger partial charge on any atom is -0.478 e. The highest BCUT2D eigenvalue weighted by Crippen LogP contribution is 2.29. The van der Waals surface area contributed by atoms with Crippen LogP contribution in [-0.2, 0) is 7.05 Å². The first kappa shape index (κ1) is 13.3. The first-order chi connectivity index (χ1) is 9.99. The van der Waals surface area contributed by atoms with Gasteiger partial charge in [0.2, 0.25) is 0 Å². The van der Waals surface area contributed by atoms with E-state index in [4.69, 9.17) is 0 Å². The Kier molecular flexibility index (Phi) is 2.97. The van der Waals surface area contributed by atoms with Gasteiger partial charge in [-0.15, -0.1) is 0 Å². The molecule has 3 rings (SSSR count). The second kappa shape index (κ2) is 4.70. The summed E-state index contributed by atoms with van der Waals surface area (Å²) < 4.78 is 28.9. The highest BCUT2D eigenvalue weighted by Gasteiger charge is 2.15. The van der Waals surface area contributed by atoms with Crippen LogP contribution in [0, 0.1) is 11.6 Å². The Balaban J connectivity index is 2.28. The third kappa shape index (κ3) is 2.07. The number of rotatable bonds is 2. The number of fused-ring (bicyclic) bond motifs is 1. The molecule has 0 atom stereocenters. The molecule has 1 N–H and O–H groups in total. The van der Waals surface area contributed by atoms with Crippen LogP contribution in [0.4, 0.5) is 8.78 Å². The lowest BCUT2D eigenvalue weighted by atomic mass is 10.0. The van der Waals surface area contributed by atoms with E-state index >= 15 is 0 Å². The molecule has 1 aromatic heterocycles. The van der Waals surface area contributed by atoms with Gasteiger partial charge in [-0.2, -0.15) is 0 Å². The van der Waals surface area contributed by atoms with Gasteiger partial charge >= 0.3 is 5.97 Å². The zero-order chi connectivity index (χ0) is 15.1. The molecule has 0 unspecified atom stereocenters. The van der Waals surface area contributed by atoms with Crippen LogP contribution in [0.3, 0.4) is 0 Å². The monoisotopic (exact) mass is 287 g/mol. The number of hydrogen-bond acceptors (Lipinski definition) is 1. The van der Waals surface area contributed by atoms with Gasteiger partial charge in [0.25, 0.3) is 0 Å². The number of aromatic nitrogens is 1. The van der Waals surface area contributed by atoms with Crippen LogP contribution < -0.4 is 0 Å². The maximum atomic E-state index is 13.9. The second-order valence-electron chi connectivity index (χ2n) is 4.79. The molecule has 0 radical (unpaired) electrons. The van der Waals surface area contributed by atoms with E-state index in [-0.39, 0.29) is 11.1 Å². The van der Waals surface area contributed by atoms with E-state index in [2.05, 4.69) is 0 Å². The molecule has 0 aliphatic heterocycles. The summed E-state index contributed by atoms with van der Waals surface area (Å²) in [7, 11) is 1.73. The normalized spacial score (nSPS) is 11.0. The molecule has 3 nitrogen and oxygen atoms in total. The fraction of sp³-hybridized carbons (Fsp3) is 0.0625. The van der Waals surface area contributed by atoms with Crippen LogP contribution in [0.5, 0.6) is 0 Å². The molecule has 3 aromatic rings. The number of carboxylic acid groups (broad SMARTS) is 1. The number of aromatic carboxylic acids is 1. The van der Waals surface area contributed by atoms with E-state index in [1.165, 1.54) is 18.3 Å². The minimum absolute atomic E-state index is 0.108. The number of aryl methyl sites for hydroxylation is 1. The first-order valence-corrected chi connectivity index (χ1v) is 6.26. The predicted molar refractivity (Wildman–Crippen MR) is 75.2 cm³/mol. The summed E-state index contributed by atoms with van der Waals surface area (Å²) >= 11 is 0. The van der Waals surface area contributed by atoms with Gasteiger partial charge in [0, 0.05) is 29.7 Å². The van der Waals surface area contributed by atoms with E-state index < -0.39 is 17.6 Å². The highest BCUT2D eigenvalue weighted by molar-refractivity contribution is 6.04. The maximum absolute atomic E-state index is 13.9. The van der Waals surface area contributed by atoms with Crippen molar-refractivity contribution in [1.29, 1.82) is 0 Å². The molecule has 21 heavy (non-hydrogen) atoms. The van der Waals surface area contributed by atoms with E-state index in [0.717, 1.165) is 6.07 Å². The molecule has 0 spiro atoms. The maximum Gasteiger partial charge on any atom is 0.337 e. The van der Waals surface area contributed by atoms with Crippen molar-refractivity contribution < 1.29 is 18.7 Å². The zero-order valence-corrected chi connectivity index (χ0v) is 11.1. The molecule has 0 bridgehead atoms. The van der Waals surface area contributed by atoms with Gasteiger partial charge < -0.3 is 9.67 Å². The van der Waals surface area contributed by atoms with E-state index in [9.17, 15) is 18.7 Å². The fourth-order valence-electron chi connectivity index (χ4n) is 2.46. The van der Waals surface area contributed by atoms with Crippen molar-refractivity contribution in [2.45, 2.75) is 0 Å². The summed E-state index contributed by atoms with van der Waals surface area (Å²) in [6, 6.07) is 8.83. The molecule has 0 aliphatic carbocycles. The van der Waals surface area contributed by atoms with Crippen molar-refractivity contribution in [3.8, 4) is 11.1 Å². The van der Waals surface area contributed by atoms with Gasteiger partial charge in [-0.3, -0.25) is 0 Å². The van der Waals surface area contributed by atoms with Gasteiger partial charge in [0.15, 0.2) is 11.6 Å². The lowest BCUT2D eigenvalue weighted by molar-refractivity contribution is 0.0699. The number of halogens is 2. The van der Waals surface area contributed by atoms with Crippen molar-refractivity contribution in [1.82, 2.24) is 4.57 Å². The molecule has 0 amide bonds. The standard InChI is InChI=1S/C16H11F2NO2/c1-19-8-12(16(20)21)11-7-9(5-6-14(11)19)10-3-2-4-13(17)15(10)18/h2-8H,1H3,(H,20,21). The second-order valence-corrected chi connectivity index (χ2v) is 4.79. The lowest BCUT2D eigenvalue weighted by Crippen LogP contribution is -1.94. The number of nitrogens with zero attached hydrogens (tertiary/aromatic N) is 1. The summed E-state index contributed by atoms with van der Waals surface area (Å²) in [4.78, 5) is 11.2. The van der Waals surface area contributed by atoms with Crippen molar-refractivity contribution in [2.75, 3.05) is 0 Å². The predicted octanol–water partition coefficient (Wildman–Crippen LogP) is 3.82. The molecule has 2 aromatic carbocycles. The molecule has 0 saturated carbocycles. The third-order valence-electron chi connectivity index (χ3n) is 3.48. The SMILES string of the molecule is Cn1cc(C(=O)O)c2cc(-c3cccc(F)c3F)ccc21. The smallest absolute Gasteiger partial charge is 0.337 e. The third-order valence-corrected chi connectivity index (χ3v) is 3.48. The molecule has 0 saturated heterocycles. The van der Waals surface area contributed by atoms with Crippen molar-refractivity contribution >= 4 is 16.9 Å². The largest absolute Gasteiger partial charge is 0.478 e. The quantitative estimate of drug-likeness (QED) is 0.778. The fourth-order valence-corrected chi connectivity index (χ4v) is 2.46. The minimum atomic E-state index is -1.06. The van der Waals surface area contributed by atoms with Gasteiger partial charge in [0.05, 0.1) is 5.56 Å². The Morgan fingerprint density at radius 1 is 1.19 bits per heavy atom. The zero-order valence-electron chi connectivity index (χ0n) is 11.1. The summed E-state index contributed by atoms with van der Waals surface area (Å²) in [5.41, 5.74) is 1.39. The Hall–Kier alpha value is -2.69. The highest BCUT2D eigenvalue weighted by atomic mass is 19.2. The number of carboxylic acids is 1. The summed E-state index contributed by atoms with van der Waals surface area (Å²) in [6.07, 6.45) is 1.50. The number of carbonyl (C=O) groups is 1. The average Bonchev–Trinajstić information content (AvgIpc) is 2.79. The van der Waals surface area contributed by atoms with Crippen LogP contribution in [0.2, 0.25) is 0 Å². The summed E-state index contributed by atoms with van der Waals surface area (Å²) in [5, 5.41) is 9.70. The average molecular weight is 287 g/mol. The Morgan fingerprint density at radius 3 is 2.67 bits per heavy atom. The molecule has 1 heterocycles.